The molecular formula is C15H22N3O2+. The SMILES string of the molecule is CC1CC[NH+]([C@@H](C(=O)NC(N)=O)c2ccccc2)CC1. The fourth-order valence-corrected chi connectivity index (χ4v) is 2.83. The molecule has 1 saturated heterocycles. The number of amides is 3. The van der Waals surface area contributed by atoms with Gasteiger partial charge in [-0.3, -0.25) is 10.1 Å². The molecule has 1 aliphatic rings. The third-order valence-corrected chi connectivity index (χ3v) is 3.97. The number of carbonyl (C=O) groups is 2. The second-order valence-electron chi connectivity index (χ2n) is 5.54. The van der Waals surface area contributed by atoms with Crippen molar-refractivity contribution in [2.45, 2.75) is 25.8 Å². The number of rotatable bonds is 3. The van der Waals surface area contributed by atoms with Crippen molar-refractivity contribution in [1.29, 1.82) is 0 Å². The monoisotopic (exact) mass is 276 g/mol. The van der Waals surface area contributed by atoms with Crippen LogP contribution in [0.1, 0.15) is 31.4 Å². The standard InChI is InChI=1S/C15H21N3O2/c1-11-7-9-18(10-8-11)13(14(19)17-15(16)20)12-5-3-2-4-6-12/h2-6,11,13H,7-10H2,1H3,(H3,16,17,19,20)/p+1/t13-/m1/s1. The molecule has 0 aromatic heterocycles. The molecule has 3 amide bonds. The minimum atomic E-state index is -0.791. The van der Waals surface area contributed by atoms with Crippen LogP contribution in [0.2, 0.25) is 0 Å². The summed E-state index contributed by atoms with van der Waals surface area (Å²) in [5.74, 6) is 0.391. The number of urea groups is 1. The predicted molar refractivity (Wildman–Crippen MR) is 76.0 cm³/mol. The Bertz CT molecular complexity index is 467. The van der Waals surface area contributed by atoms with Gasteiger partial charge in [0.15, 0.2) is 6.04 Å². The van der Waals surface area contributed by atoms with Crippen LogP contribution in [0, 0.1) is 5.92 Å². The maximum absolute atomic E-state index is 12.3. The van der Waals surface area contributed by atoms with Crippen LogP contribution in [0.25, 0.3) is 0 Å². The summed E-state index contributed by atoms with van der Waals surface area (Å²) in [6.07, 6.45) is 2.20. The Hall–Kier alpha value is -1.88. The molecule has 108 valence electrons. The Labute approximate surface area is 119 Å². The highest BCUT2D eigenvalue weighted by Crippen LogP contribution is 2.14. The predicted octanol–water partition coefficient (Wildman–Crippen LogP) is 0.237. The number of carbonyl (C=O) groups excluding carboxylic acids is 2. The molecule has 1 aliphatic heterocycles. The maximum Gasteiger partial charge on any atom is 0.319 e. The van der Waals surface area contributed by atoms with E-state index in [1.165, 1.54) is 4.90 Å². The van der Waals surface area contributed by atoms with Gasteiger partial charge in [0, 0.05) is 5.56 Å². The first-order chi connectivity index (χ1) is 9.58. The molecule has 4 N–H and O–H groups in total. The van der Waals surface area contributed by atoms with E-state index in [-0.39, 0.29) is 11.9 Å². The minimum Gasteiger partial charge on any atom is -0.351 e. The van der Waals surface area contributed by atoms with Gasteiger partial charge in [0.05, 0.1) is 13.1 Å². The zero-order valence-corrected chi connectivity index (χ0v) is 11.8. The topological polar surface area (TPSA) is 76.6 Å². The molecule has 1 heterocycles. The quantitative estimate of drug-likeness (QED) is 0.739. The molecule has 2 rings (SSSR count). The van der Waals surface area contributed by atoms with E-state index in [9.17, 15) is 9.59 Å². The van der Waals surface area contributed by atoms with E-state index < -0.39 is 6.03 Å². The van der Waals surface area contributed by atoms with E-state index in [0.717, 1.165) is 31.5 Å². The lowest BCUT2D eigenvalue weighted by Crippen LogP contribution is -3.14. The minimum absolute atomic E-state index is 0.312. The molecule has 1 fully saturated rings. The number of hydrogen-bond acceptors (Lipinski definition) is 2. The van der Waals surface area contributed by atoms with Gasteiger partial charge in [-0.15, -0.1) is 0 Å². The first-order valence-electron chi connectivity index (χ1n) is 7.07. The van der Waals surface area contributed by atoms with Gasteiger partial charge in [-0.2, -0.15) is 0 Å². The number of primary amides is 1. The normalized spacial score (nSPS) is 23.9. The number of imide groups is 1. The third kappa shape index (κ3) is 3.57. The Kier molecular flexibility index (Phi) is 4.74. The molecule has 0 radical (unpaired) electrons. The molecule has 0 spiro atoms. The summed E-state index contributed by atoms with van der Waals surface area (Å²) >= 11 is 0. The zero-order valence-electron chi connectivity index (χ0n) is 11.8. The van der Waals surface area contributed by atoms with E-state index in [1.807, 2.05) is 30.3 Å². The first-order valence-corrected chi connectivity index (χ1v) is 7.07. The lowest BCUT2D eigenvalue weighted by molar-refractivity contribution is -0.927. The Morgan fingerprint density at radius 1 is 1.25 bits per heavy atom. The van der Waals surface area contributed by atoms with Gasteiger partial charge in [-0.1, -0.05) is 37.3 Å². The van der Waals surface area contributed by atoms with Crippen molar-refractivity contribution in [1.82, 2.24) is 5.32 Å². The van der Waals surface area contributed by atoms with E-state index in [0.29, 0.717) is 5.92 Å². The second kappa shape index (κ2) is 6.52. The smallest absolute Gasteiger partial charge is 0.319 e. The van der Waals surface area contributed by atoms with Crippen LogP contribution >= 0.6 is 0 Å². The number of nitrogens with one attached hydrogen (secondary N) is 2. The van der Waals surface area contributed by atoms with Crippen molar-refractivity contribution < 1.29 is 14.5 Å². The lowest BCUT2D eigenvalue weighted by Gasteiger charge is -2.32. The van der Waals surface area contributed by atoms with Crippen LogP contribution in [0.3, 0.4) is 0 Å². The van der Waals surface area contributed by atoms with Gasteiger partial charge in [0.2, 0.25) is 0 Å². The van der Waals surface area contributed by atoms with E-state index >= 15 is 0 Å². The van der Waals surface area contributed by atoms with E-state index in [1.54, 1.807) is 0 Å². The molecular weight excluding hydrogens is 254 g/mol. The first kappa shape index (κ1) is 14.5. The average Bonchev–Trinajstić information content (AvgIpc) is 2.42. The molecule has 5 heteroatoms. The Morgan fingerprint density at radius 3 is 2.40 bits per heavy atom. The van der Waals surface area contributed by atoms with Crippen LogP contribution in [0.5, 0.6) is 0 Å². The Balaban J connectivity index is 2.20. The van der Waals surface area contributed by atoms with Gasteiger partial charge in [-0.05, 0) is 18.8 Å². The molecule has 1 aromatic carbocycles. The number of quaternary nitrogens is 1. The number of hydrogen-bond donors (Lipinski definition) is 3. The van der Waals surface area contributed by atoms with Crippen LogP contribution in [0.15, 0.2) is 30.3 Å². The highest BCUT2D eigenvalue weighted by Gasteiger charge is 2.34. The molecule has 0 aliphatic carbocycles. The average molecular weight is 276 g/mol. The van der Waals surface area contributed by atoms with Crippen molar-refractivity contribution in [2.24, 2.45) is 11.7 Å². The molecule has 0 saturated carbocycles. The van der Waals surface area contributed by atoms with Crippen molar-refractivity contribution in [3.05, 3.63) is 35.9 Å². The van der Waals surface area contributed by atoms with Crippen LogP contribution < -0.4 is 16.0 Å². The molecule has 0 unspecified atom stereocenters. The second-order valence-corrected chi connectivity index (χ2v) is 5.54. The van der Waals surface area contributed by atoms with Gasteiger partial charge < -0.3 is 10.6 Å². The summed E-state index contributed by atoms with van der Waals surface area (Å²) in [6.45, 7) is 4.11. The largest absolute Gasteiger partial charge is 0.351 e. The fourth-order valence-electron chi connectivity index (χ4n) is 2.83. The molecule has 1 aromatic rings. The van der Waals surface area contributed by atoms with Crippen LogP contribution in [0.4, 0.5) is 4.79 Å². The number of likely N-dealkylation sites (tertiary alicyclic amines) is 1. The summed E-state index contributed by atoms with van der Waals surface area (Å²) in [7, 11) is 0. The summed E-state index contributed by atoms with van der Waals surface area (Å²) in [5, 5.41) is 2.23. The van der Waals surface area contributed by atoms with Gasteiger partial charge in [0.25, 0.3) is 5.91 Å². The van der Waals surface area contributed by atoms with Gasteiger partial charge in [0.1, 0.15) is 0 Å². The van der Waals surface area contributed by atoms with Crippen molar-refractivity contribution in [2.75, 3.05) is 13.1 Å². The van der Waals surface area contributed by atoms with Crippen molar-refractivity contribution >= 4 is 11.9 Å². The molecule has 20 heavy (non-hydrogen) atoms. The van der Waals surface area contributed by atoms with Crippen LogP contribution in [-0.2, 0) is 4.79 Å². The highest BCUT2D eigenvalue weighted by molar-refractivity contribution is 5.96. The summed E-state index contributed by atoms with van der Waals surface area (Å²) in [5.41, 5.74) is 6.01. The lowest BCUT2D eigenvalue weighted by atomic mass is 9.95. The van der Waals surface area contributed by atoms with Crippen molar-refractivity contribution in [3.63, 3.8) is 0 Å². The maximum atomic E-state index is 12.3. The third-order valence-electron chi connectivity index (χ3n) is 3.97. The highest BCUT2D eigenvalue weighted by atomic mass is 16.2. The van der Waals surface area contributed by atoms with Crippen LogP contribution in [-0.4, -0.2) is 25.0 Å². The van der Waals surface area contributed by atoms with Gasteiger partial charge in [-0.25, -0.2) is 4.79 Å². The van der Waals surface area contributed by atoms with Gasteiger partial charge >= 0.3 is 6.03 Å². The Morgan fingerprint density at radius 2 is 1.85 bits per heavy atom. The molecule has 0 bridgehead atoms. The summed E-state index contributed by atoms with van der Waals surface area (Å²) < 4.78 is 0. The summed E-state index contributed by atoms with van der Waals surface area (Å²) in [6, 6.07) is 8.43. The molecule has 5 nitrogen and oxygen atoms in total. The van der Waals surface area contributed by atoms with E-state index in [4.69, 9.17) is 5.73 Å². The number of piperidine rings is 1. The summed E-state index contributed by atoms with van der Waals surface area (Å²) in [4.78, 5) is 24.5. The number of nitrogens with two attached hydrogens (primary N) is 1. The molecule has 1 atom stereocenters. The van der Waals surface area contributed by atoms with E-state index in [2.05, 4.69) is 12.2 Å². The van der Waals surface area contributed by atoms with Crippen molar-refractivity contribution in [3.8, 4) is 0 Å². The number of benzene rings is 1. The zero-order chi connectivity index (χ0) is 14.5. The fraction of sp³-hybridized carbons (Fsp3) is 0.467.